The number of rotatable bonds is 5. The molecule has 134 valence electrons. The molecule has 1 amide bonds. The van der Waals surface area contributed by atoms with Crippen molar-refractivity contribution >= 4 is 17.5 Å². The van der Waals surface area contributed by atoms with Gasteiger partial charge in [-0.05, 0) is 50.9 Å². The third kappa shape index (κ3) is 3.65. The van der Waals surface area contributed by atoms with Crippen LogP contribution in [-0.2, 0) is 4.79 Å². The summed E-state index contributed by atoms with van der Waals surface area (Å²) >= 11 is 6.27. The molecule has 1 atom stereocenters. The summed E-state index contributed by atoms with van der Waals surface area (Å²) < 4.78 is 14.4. The van der Waals surface area contributed by atoms with Crippen molar-refractivity contribution in [2.75, 3.05) is 19.6 Å². The summed E-state index contributed by atoms with van der Waals surface area (Å²) in [6, 6.07) is 6.57. The van der Waals surface area contributed by atoms with Crippen molar-refractivity contribution in [2.24, 2.45) is 5.41 Å². The lowest BCUT2D eigenvalue weighted by Gasteiger charge is -2.30. The minimum absolute atomic E-state index is 0.232. The molecule has 6 heteroatoms. The van der Waals surface area contributed by atoms with Crippen LogP contribution in [0.1, 0.15) is 50.1 Å². The summed E-state index contributed by atoms with van der Waals surface area (Å²) in [7, 11) is 0. The summed E-state index contributed by atoms with van der Waals surface area (Å²) in [6.45, 7) is 1.98. The van der Waals surface area contributed by atoms with Crippen molar-refractivity contribution in [3.8, 4) is 6.07 Å². The molecular formula is C19H23ClFN3O. The van der Waals surface area contributed by atoms with E-state index in [2.05, 4.69) is 16.3 Å². The van der Waals surface area contributed by atoms with Crippen molar-refractivity contribution in [1.29, 1.82) is 5.26 Å². The largest absolute Gasteiger partial charge is 0.353 e. The molecule has 3 rings (SSSR count). The number of nitrogens with one attached hydrogen (secondary N) is 1. The molecule has 1 aliphatic heterocycles. The molecule has 1 heterocycles. The average Bonchev–Trinajstić information content (AvgIpc) is 3.29. The second kappa shape index (κ2) is 7.72. The van der Waals surface area contributed by atoms with Crippen LogP contribution in [0.25, 0.3) is 0 Å². The maximum absolute atomic E-state index is 14.4. The molecule has 1 N–H and O–H groups in total. The molecule has 0 spiro atoms. The molecule has 1 aliphatic carbocycles. The molecule has 4 nitrogen and oxygen atoms in total. The summed E-state index contributed by atoms with van der Waals surface area (Å²) in [5, 5.41) is 12.8. The first-order chi connectivity index (χ1) is 12.1. The number of hydrogen-bond acceptors (Lipinski definition) is 3. The molecule has 1 unspecified atom stereocenters. The number of amides is 1. The molecule has 0 bridgehead atoms. The van der Waals surface area contributed by atoms with Crippen LogP contribution in [0.15, 0.2) is 18.2 Å². The topological polar surface area (TPSA) is 56.1 Å². The molecule has 0 radical (unpaired) electrons. The lowest BCUT2D eigenvalue weighted by atomic mass is 9.87. The number of likely N-dealkylation sites (tertiary alicyclic amines) is 1. The van der Waals surface area contributed by atoms with E-state index in [9.17, 15) is 14.4 Å². The molecule has 2 aliphatic rings. The molecule has 2 fully saturated rings. The van der Waals surface area contributed by atoms with Crippen LogP contribution in [0.5, 0.6) is 0 Å². The number of hydrogen-bond donors (Lipinski definition) is 1. The van der Waals surface area contributed by atoms with Crippen LogP contribution in [0.3, 0.4) is 0 Å². The fourth-order valence-electron chi connectivity index (χ4n) is 4.02. The van der Waals surface area contributed by atoms with Gasteiger partial charge in [0.1, 0.15) is 11.2 Å². The van der Waals surface area contributed by atoms with E-state index in [-0.39, 0.29) is 24.3 Å². The van der Waals surface area contributed by atoms with E-state index in [1.165, 1.54) is 6.07 Å². The van der Waals surface area contributed by atoms with E-state index in [1.54, 1.807) is 12.1 Å². The van der Waals surface area contributed by atoms with E-state index in [0.717, 1.165) is 38.8 Å². The number of carbonyl (C=O) groups is 1. The van der Waals surface area contributed by atoms with Gasteiger partial charge in [0.25, 0.3) is 0 Å². The first kappa shape index (κ1) is 18.2. The van der Waals surface area contributed by atoms with Gasteiger partial charge in [-0.1, -0.05) is 30.5 Å². The van der Waals surface area contributed by atoms with Gasteiger partial charge in [-0.3, -0.25) is 9.69 Å². The Bertz CT molecular complexity index is 655. The Labute approximate surface area is 152 Å². The second-order valence-corrected chi connectivity index (χ2v) is 7.41. The third-order valence-corrected chi connectivity index (χ3v) is 5.81. The lowest BCUT2D eigenvalue weighted by Crippen LogP contribution is -2.43. The van der Waals surface area contributed by atoms with E-state index in [1.807, 2.05) is 0 Å². The Balaban J connectivity index is 1.79. The van der Waals surface area contributed by atoms with E-state index in [0.29, 0.717) is 23.4 Å². The first-order valence-corrected chi connectivity index (χ1v) is 9.33. The summed E-state index contributed by atoms with van der Waals surface area (Å²) in [5.74, 6) is -0.585. The molecule has 25 heavy (non-hydrogen) atoms. The van der Waals surface area contributed by atoms with E-state index < -0.39 is 5.41 Å². The van der Waals surface area contributed by atoms with Crippen LogP contribution in [0, 0.1) is 22.6 Å². The van der Waals surface area contributed by atoms with Crippen LogP contribution < -0.4 is 5.32 Å². The van der Waals surface area contributed by atoms with Gasteiger partial charge in [-0.2, -0.15) is 5.26 Å². The highest BCUT2D eigenvalue weighted by molar-refractivity contribution is 6.31. The monoisotopic (exact) mass is 363 g/mol. The van der Waals surface area contributed by atoms with Crippen LogP contribution in [0.2, 0.25) is 5.02 Å². The fourth-order valence-corrected chi connectivity index (χ4v) is 4.31. The quantitative estimate of drug-likeness (QED) is 0.865. The predicted octanol–water partition coefficient (Wildman–Crippen LogP) is 3.82. The molecule has 0 aromatic heterocycles. The van der Waals surface area contributed by atoms with Gasteiger partial charge in [0, 0.05) is 17.1 Å². The Kier molecular flexibility index (Phi) is 5.61. The Morgan fingerprint density at radius 2 is 2.00 bits per heavy atom. The maximum atomic E-state index is 14.4. The third-order valence-electron chi connectivity index (χ3n) is 5.48. The minimum Gasteiger partial charge on any atom is -0.353 e. The average molecular weight is 364 g/mol. The zero-order valence-electron chi connectivity index (χ0n) is 14.2. The molecule has 1 aromatic carbocycles. The normalized spacial score (nSPS) is 21.0. The van der Waals surface area contributed by atoms with Crippen molar-refractivity contribution in [3.63, 3.8) is 0 Å². The van der Waals surface area contributed by atoms with Gasteiger partial charge < -0.3 is 5.32 Å². The number of nitriles is 1. The summed E-state index contributed by atoms with van der Waals surface area (Å²) in [5.41, 5.74) is -0.488. The zero-order chi connectivity index (χ0) is 17.9. The van der Waals surface area contributed by atoms with Gasteiger partial charge in [0.05, 0.1) is 12.1 Å². The van der Waals surface area contributed by atoms with Crippen LogP contribution in [0.4, 0.5) is 4.39 Å². The number of nitrogens with zero attached hydrogens (tertiary/aromatic N) is 2. The van der Waals surface area contributed by atoms with Gasteiger partial charge >= 0.3 is 0 Å². The number of carbonyl (C=O) groups excluding carboxylic acids is 1. The standard InChI is InChI=1S/C19H23ClFN3O/c20-14-6-5-7-15(21)17(14)16(24-10-3-4-11-24)12-23-18(25)19(13-22)8-1-2-9-19/h5-7,16H,1-4,8-12H2,(H,23,25). The van der Waals surface area contributed by atoms with Crippen molar-refractivity contribution < 1.29 is 9.18 Å². The van der Waals surface area contributed by atoms with Gasteiger partial charge in [-0.15, -0.1) is 0 Å². The van der Waals surface area contributed by atoms with Gasteiger partial charge in [0.15, 0.2) is 0 Å². The first-order valence-electron chi connectivity index (χ1n) is 8.95. The van der Waals surface area contributed by atoms with E-state index >= 15 is 0 Å². The van der Waals surface area contributed by atoms with E-state index in [4.69, 9.17) is 11.6 Å². The number of benzene rings is 1. The zero-order valence-corrected chi connectivity index (χ0v) is 15.0. The van der Waals surface area contributed by atoms with Crippen LogP contribution >= 0.6 is 11.6 Å². The van der Waals surface area contributed by atoms with Gasteiger partial charge in [0.2, 0.25) is 5.91 Å². The maximum Gasteiger partial charge on any atom is 0.240 e. The Morgan fingerprint density at radius 3 is 2.60 bits per heavy atom. The fraction of sp³-hybridized carbons (Fsp3) is 0.579. The highest BCUT2D eigenvalue weighted by Gasteiger charge is 2.42. The highest BCUT2D eigenvalue weighted by atomic mass is 35.5. The predicted molar refractivity (Wildman–Crippen MR) is 94.5 cm³/mol. The van der Waals surface area contributed by atoms with Crippen molar-refractivity contribution in [1.82, 2.24) is 10.2 Å². The molecule has 1 saturated carbocycles. The minimum atomic E-state index is -0.922. The lowest BCUT2D eigenvalue weighted by molar-refractivity contribution is -0.128. The van der Waals surface area contributed by atoms with Crippen molar-refractivity contribution in [3.05, 3.63) is 34.6 Å². The molecule has 1 saturated heterocycles. The summed E-state index contributed by atoms with van der Waals surface area (Å²) in [6.07, 6.45) is 5.11. The molecular weight excluding hydrogens is 341 g/mol. The smallest absolute Gasteiger partial charge is 0.240 e. The Hall–Kier alpha value is -1.64. The Morgan fingerprint density at radius 1 is 1.32 bits per heavy atom. The van der Waals surface area contributed by atoms with Gasteiger partial charge in [-0.25, -0.2) is 4.39 Å². The molecule has 1 aromatic rings. The van der Waals surface area contributed by atoms with Crippen molar-refractivity contribution in [2.45, 2.75) is 44.6 Å². The SMILES string of the molecule is N#CC1(C(=O)NCC(c2c(F)cccc2Cl)N2CCCC2)CCCC1. The highest BCUT2D eigenvalue weighted by Crippen LogP contribution is 2.38. The summed E-state index contributed by atoms with van der Waals surface area (Å²) in [4.78, 5) is 14.8. The second-order valence-electron chi connectivity index (χ2n) is 7.01. The van der Waals surface area contributed by atoms with Crippen LogP contribution in [-0.4, -0.2) is 30.4 Å². The number of halogens is 2.